The number of rotatable bonds is 3. The van der Waals surface area contributed by atoms with Crippen LogP contribution in [0.1, 0.15) is 49.6 Å². The summed E-state index contributed by atoms with van der Waals surface area (Å²) in [6.07, 6.45) is 5.71. The molecule has 2 fully saturated rings. The molecule has 0 saturated carbocycles. The third-order valence-electron chi connectivity index (χ3n) is 4.03. The topological polar surface area (TPSA) is 43.3 Å². The van der Waals surface area contributed by atoms with Crippen LogP contribution < -0.4 is 5.32 Å². The van der Waals surface area contributed by atoms with E-state index >= 15 is 0 Å². The zero-order chi connectivity index (χ0) is 13.6. The van der Waals surface area contributed by atoms with Crippen molar-refractivity contribution >= 4 is 21.8 Å². The van der Waals surface area contributed by atoms with E-state index < -0.39 is 0 Å². The molecule has 2 aliphatic heterocycles. The molecule has 104 valence electrons. The number of halogens is 1. The quantitative estimate of drug-likeness (QED) is 0.928. The Labute approximate surface area is 121 Å². The first kappa shape index (κ1) is 13.2. The van der Waals surface area contributed by atoms with Crippen molar-refractivity contribution in [3.63, 3.8) is 0 Å². The van der Waals surface area contributed by atoms with E-state index in [0.717, 1.165) is 23.7 Å². The summed E-state index contributed by atoms with van der Waals surface area (Å²) in [5.74, 6) is 0.000509. The molecule has 0 aliphatic carbocycles. The van der Waals surface area contributed by atoms with Crippen LogP contribution in [0.3, 0.4) is 0 Å². The standard InChI is InChI=1S/C14H19BrN2O2/c1-8(2)17-7-9(15)5-12(17)14(18)16-11-6-10-3-4-13(11)19-10/h5,7-8,10-11,13H,3-4,6H2,1-2H3,(H,16,18). The Morgan fingerprint density at radius 2 is 2.32 bits per heavy atom. The average molecular weight is 327 g/mol. The molecule has 1 N–H and O–H groups in total. The van der Waals surface area contributed by atoms with Gasteiger partial charge in [-0.2, -0.15) is 0 Å². The SMILES string of the molecule is CC(C)n1cc(Br)cc1C(=O)NC1CC2CCC1O2. The van der Waals surface area contributed by atoms with Crippen molar-refractivity contribution < 1.29 is 9.53 Å². The number of amides is 1. The van der Waals surface area contributed by atoms with Gasteiger partial charge in [-0.3, -0.25) is 4.79 Å². The second kappa shape index (κ2) is 4.94. The lowest BCUT2D eigenvalue weighted by atomic mass is 9.95. The Morgan fingerprint density at radius 1 is 1.53 bits per heavy atom. The van der Waals surface area contributed by atoms with Crippen LogP contribution in [0.15, 0.2) is 16.7 Å². The lowest BCUT2D eigenvalue weighted by Gasteiger charge is -2.21. The largest absolute Gasteiger partial charge is 0.373 e. The number of carbonyl (C=O) groups excluding carboxylic acids is 1. The van der Waals surface area contributed by atoms with E-state index in [-0.39, 0.29) is 24.1 Å². The first-order chi connectivity index (χ1) is 9.04. The second-order valence-electron chi connectivity index (χ2n) is 5.73. The van der Waals surface area contributed by atoms with Gasteiger partial charge in [0.25, 0.3) is 5.91 Å². The minimum Gasteiger partial charge on any atom is -0.373 e. The van der Waals surface area contributed by atoms with Crippen molar-refractivity contribution in [2.75, 3.05) is 0 Å². The Hall–Kier alpha value is -0.810. The van der Waals surface area contributed by atoms with E-state index in [0.29, 0.717) is 11.8 Å². The van der Waals surface area contributed by atoms with Gasteiger partial charge in [-0.15, -0.1) is 0 Å². The van der Waals surface area contributed by atoms with Gasteiger partial charge in [-0.25, -0.2) is 0 Å². The highest BCUT2D eigenvalue weighted by Crippen LogP contribution is 2.34. The molecular weight excluding hydrogens is 308 g/mol. The van der Waals surface area contributed by atoms with Gasteiger partial charge in [-0.1, -0.05) is 0 Å². The van der Waals surface area contributed by atoms with Gasteiger partial charge in [-0.05, 0) is 55.1 Å². The summed E-state index contributed by atoms with van der Waals surface area (Å²) in [6, 6.07) is 2.33. The molecule has 2 aliphatic rings. The van der Waals surface area contributed by atoms with E-state index in [1.165, 1.54) is 0 Å². The van der Waals surface area contributed by atoms with E-state index in [4.69, 9.17) is 4.74 Å². The van der Waals surface area contributed by atoms with Crippen LogP contribution in [0, 0.1) is 0 Å². The average Bonchev–Trinajstić information content (AvgIpc) is 3.02. The number of aromatic nitrogens is 1. The molecule has 3 unspecified atom stereocenters. The van der Waals surface area contributed by atoms with Crippen molar-refractivity contribution in [3.05, 3.63) is 22.4 Å². The van der Waals surface area contributed by atoms with Crippen LogP contribution in [-0.4, -0.2) is 28.7 Å². The normalized spacial score (nSPS) is 29.2. The van der Waals surface area contributed by atoms with Crippen LogP contribution in [0.4, 0.5) is 0 Å². The Morgan fingerprint density at radius 3 is 2.89 bits per heavy atom. The van der Waals surface area contributed by atoms with Crippen molar-refractivity contribution in [1.29, 1.82) is 0 Å². The predicted molar refractivity (Wildman–Crippen MR) is 76.3 cm³/mol. The number of nitrogens with zero attached hydrogens (tertiary/aromatic N) is 1. The predicted octanol–water partition coefficient (Wildman–Crippen LogP) is 2.88. The molecule has 3 rings (SSSR count). The number of ether oxygens (including phenoxy) is 1. The summed E-state index contributed by atoms with van der Waals surface area (Å²) in [5.41, 5.74) is 0.713. The summed E-state index contributed by atoms with van der Waals surface area (Å²) in [7, 11) is 0. The summed E-state index contributed by atoms with van der Waals surface area (Å²) < 4.78 is 8.71. The monoisotopic (exact) mass is 326 g/mol. The summed E-state index contributed by atoms with van der Waals surface area (Å²) >= 11 is 3.44. The summed E-state index contributed by atoms with van der Waals surface area (Å²) in [4.78, 5) is 12.4. The maximum absolute atomic E-state index is 12.4. The second-order valence-corrected chi connectivity index (χ2v) is 6.65. The molecule has 0 spiro atoms. The molecule has 3 atom stereocenters. The van der Waals surface area contributed by atoms with Gasteiger partial charge in [0, 0.05) is 16.7 Å². The van der Waals surface area contributed by atoms with E-state index in [1.54, 1.807) is 0 Å². The van der Waals surface area contributed by atoms with Gasteiger partial charge in [0.1, 0.15) is 5.69 Å². The Kier molecular flexibility index (Phi) is 3.43. The van der Waals surface area contributed by atoms with Crippen molar-refractivity contribution in [1.82, 2.24) is 9.88 Å². The molecule has 2 saturated heterocycles. The molecule has 4 nitrogen and oxygen atoms in total. The van der Waals surface area contributed by atoms with Gasteiger partial charge in [0.05, 0.1) is 18.2 Å². The first-order valence-corrected chi connectivity index (χ1v) is 7.67. The number of fused-ring (bicyclic) bond motifs is 2. The Balaban J connectivity index is 1.74. The third-order valence-corrected chi connectivity index (χ3v) is 4.46. The zero-order valence-corrected chi connectivity index (χ0v) is 12.8. The molecule has 5 heteroatoms. The number of hydrogen-bond donors (Lipinski definition) is 1. The molecule has 3 heterocycles. The van der Waals surface area contributed by atoms with Crippen molar-refractivity contribution in [2.45, 2.75) is 57.4 Å². The minimum atomic E-state index is 0.000509. The van der Waals surface area contributed by atoms with E-state index in [2.05, 4.69) is 35.1 Å². The van der Waals surface area contributed by atoms with E-state index in [9.17, 15) is 4.79 Å². The van der Waals surface area contributed by atoms with Crippen LogP contribution in [0.5, 0.6) is 0 Å². The fraction of sp³-hybridized carbons (Fsp3) is 0.643. The highest BCUT2D eigenvalue weighted by Gasteiger charge is 2.41. The maximum atomic E-state index is 12.4. The smallest absolute Gasteiger partial charge is 0.268 e. The molecule has 2 bridgehead atoms. The van der Waals surface area contributed by atoms with Crippen molar-refractivity contribution in [2.24, 2.45) is 0 Å². The number of carbonyl (C=O) groups is 1. The van der Waals surface area contributed by atoms with Crippen LogP contribution in [-0.2, 0) is 4.74 Å². The van der Waals surface area contributed by atoms with Crippen molar-refractivity contribution in [3.8, 4) is 0 Å². The summed E-state index contributed by atoms with van der Waals surface area (Å²) in [6.45, 7) is 4.15. The highest BCUT2D eigenvalue weighted by atomic mass is 79.9. The van der Waals surface area contributed by atoms with Gasteiger partial charge in [0.2, 0.25) is 0 Å². The van der Waals surface area contributed by atoms with Crippen LogP contribution >= 0.6 is 15.9 Å². The fourth-order valence-electron chi connectivity index (χ4n) is 3.09. The summed E-state index contributed by atoms with van der Waals surface area (Å²) in [5, 5.41) is 3.13. The molecule has 19 heavy (non-hydrogen) atoms. The number of nitrogens with one attached hydrogen (secondary N) is 1. The molecular formula is C14H19BrN2O2. The van der Waals surface area contributed by atoms with Crippen LogP contribution in [0.2, 0.25) is 0 Å². The lowest BCUT2D eigenvalue weighted by molar-refractivity contribution is 0.0833. The molecule has 0 radical (unpaired) electrons. The highest BCUT2D eigenvalue weighted by molar-refractivity contribution is 9.10. The first-order valence-electron chi connectivity index (χ1n) is 6.88. The fourth-order valence-corrected chi connectivity index (χ4v) is 3.52. The van der Waals surface area contributed by atoms with Gasteiger partial charge in [0.15, 0.2) is 0 Å². The zero-order valence-electron chi connectivity index (χ0n) is 11.2. The van der Waals surface area contributed by atoms with Crippen LogP contribution in [0.25, 0.3) is 0 Å². The third kappa shape index (κ3) is 2.46. The maximum Gasteiger partial charge on any atom is 0.268 e. The lowest BCUT2D eigenvalue weighted by Crippen LogP contribution is -2.42. The molecule has 1 aromatic heterocycles. The Bertz CT molecular complexity index is 498. The molecule has 1 amide bonds. The number of hydrogen-bond acceptors (Lipinski definition) is 2. The van der Waals surface area contributed by atoms with Gasteiger partial charge < -0.3 is 14.6 Å². The molecule has 0 aromatic carbocycles. The van der Waals surface area contributed by atoms with Gasteiger partial charge >= 0.3 is 0 Å². The minimum absolute atomic E-state index is 0.000509. The molecule has 1 aromatic rings. The van der Waals surface area contributed by atoms with E-state index in [1.807, 2.05) is 16.8 Å².